The molecule has 0 bridgehead atoms. The standard InChI is InChI=1S/C62H42N2S/c1-5-19-44(20-6-1)51-27-15-17-31-58(51)63(47-23-9-3-10-24-47)49-36-33-43(34-37-49)46-35-39-55-57(41-46)53-29-13-14-30-54(53)61-56-40-38-50(42-60(56)65-62(55)61)64(48-25-11-4-12-26-48)59-32-18-16-28-52(59)45-21-7-2-8-22-45/h1-42H. The Kier molecular flexibility index (Phi) is 9.74. The molecular weight excluding hydrogens is 805 g/mol. The van der Waals surface area contributed by atoms with Crippen molar-refractivity contribution in [3.05, 3.63) is 255 Å². The molecule has 0 N–H and O–H groups in total. The highest BCUT2D eigenvalue weighted by molar-refractivity contribution is 7.27. The van der Waals surface area contributed by atoms with Gasteiger partial charge in [0.2, 0.25) is 0 Å². The third-order valence-electron chi connectivity index (χ3n) is 12.6. The second-order valence-electron chi connectivity index (χ2n) is 16.4. The lowest BCUT2D eigenvalue weighted by molar-refractivity contribution is 1.28. The van der Waals surface area contributed by atoms with E-state index in [4.69, 9.17) is 0 Å². The van der Waals surface area contributed by atoms with Crippen LogP contribution in [0, 0.1) is 0 Å². The quantitative estimate of drug-likeness (QED) is 0.134. The van der Waals surface area contributed by atoms with E-state index in [9.17, 15) is 0 Å². The molecule has 306 valence electrons. The van der Waals surface area contributed by atoms with Crippen LogP contribution in [0.1, 0.15) is 0 Å². The summed E-state index contributed by atoms with van der Waals surface area (Å²) in [5.41, 5.74) is 13.9. The van der Waals surface area contributed by atoms with E-state index in [2.05, 4.69) is 265 Å². The van der Waals surface area contributed by atoms with Crippen molar-refractivity contribution in [3.8, 4) is 33.4 Å². The largest absolute Gasteiger partial charge is 0.310 e. The molecule has 0 fully saturated rings. The number of nitrogens with zero attached hydrogens (tertiary/aromatic N) is 2. The predicted octanol–water partition coefficient (Wildman–Crippen LogP) is 18.3. The Labute approximate surface area is 383 Å². The van der Waals surface area contributed by atoms with E-state index < -0.39 is 0 Å². The first-order chi connectivity index (χ1) is 32.3. The van der Waals surface area contributed by atoms with Gasteiger partial charge in [-0.1, -0.05) is 188 Å². The van der Waals surface area contributed by atoms with E-state index >= 15 is 0 Å². The lowest BCUT2D eigenvalue weighted by Gasteiger charge is -2.28. The van der Waals surface area contributed by atoms with Crippen LogP contribution in [-0.2, 0) is 0 Å². The van der Waals surface area contributed by atoms with Crippen LogP contribution in [0.25, 0.3) is 75.1 Å². The van der Waals surface area contributed by atoms with E-state index in [0.29, 0.717) is 0 Å². The lowest BCUT2D eigenvalue weighted by Crippen LogP contribution is -2.11. The van der Waals surface area contributed by atoms with Gasteiger partial charge in [0.1, 0.15) is 0 Å². The van der Waals surface area contributed by atoms with Crippen molar-refractivity contribution in [1.82, 2.24) is 0 Å². The summed E-state index contributed by atoms with van der Waals surface area (Å²) in [5, 5.41) is 7.71. The Hall–Kier alpha value is -8.24. The summed E-state index contributed by atoms with van der Waals surface area (Å²) in [5.74, 6) is 0. The van der Waals surface area contributed by atoms with Gasteiger partial charge in [-0.3, -0.25) is 0 Å². The van der Waals surface area contributed by atoms with Crippen LogP contribution in [0.15, 0.2) is 255 Å². The summed E-state index contributed by atoms with van der Waals surface area (Å²) < 4.78 is 2.59. The molecule has 0 radical (unpaired) electrons. The number of fused-ring (bicyclic) bond motifs is 8. The molecule has 65 heavy (non-hydrogen) atoms. The Bertz CT molecular complexity index is 3640. The molecule has 0 aliphatic heterocycles. The first-order valence-electron chi connectivity index (χ1n) is 22.2. The van der Waals surface area contributed by atoms with Crippen molar-refractivity contribution >= 4 is 87.2 Å². The molecule has 11 aromatic carbocycles. The molecule has 0 spiro atoms. The summed E-state index contributed by atoms with van der Waals surface area (Å²) in [6.07, 6.45) is 0. The third kappa shape index (κ3) is 6.91. The minimum Gasteiger partial charge on any atom is -0.310 e. The maximum Gasteiger partial charge on any atom is 0.0540 e. The number of hydrogen-bond donors (Lipinski definition) is 0. The van der Waals surface area contributed by atoms with Crippen molar-refractivity contribution < 1.29 is 0 Å². The summed E-state index contributed by atoms with van der Waals surface area (Å²) in [6, 6.07) is 92.3. The molecule has 0 amide bonds. The zero-order valence-corrected chi connectivity index (χ0v) is 36.4. The highest BCUT2D eigenvalue weighted by atomic mass is 32.1. The monoisotopic (exact) mass is 846 g/mol. The summed E-state index contributed by atoms with van der Waals surface area (Å²) in [4.78, 5) is 4.77. The van der Waals surface area contributed by atoms with Crippen LogP contribution in [0.3, 0.4) is 0 Å². The fourth-order valence-corrected chi connectivity index (χ4v) is 10.9. The van der Waals surface area contributed by atoms with Crippen LogP contribution >= 0.6 is 11.3 Å². The zero-order chi connectivity index (χ0) is 43.1. The molecule has 0 saturated carbocycles. The molecule has 0 unspecified atom stereocenters. The van der Waals surface area contributed by atoms with Gasteiger partial charge in [0.25, 0.3) is 0 Å². The molecule has 12 rings (SSSR count). The predicted molar refractivity (Wildman–Crippen MR) is 280 cm³/mol. The van der Waals surface area contributed by atoms with E-state index in [1.54, 1.807) is 0 Å². The van der Waals surface area contributed by atoms with Gasteiger partial charge in [0.15, 0.2) is 0 Å². The van der Waals surface area contributed by atoms with Gasteiger partial charge in [-0.05, 0) is 105 Å². The van der Waals surface area contributed by atoms with Gasteiger partial charge in [0, 0.05) is 59.4 Å². The molecule has 0 atom stereocenters. The third-order valence-corrected chi connectivity index (χ3v) is 13.8. The van der Waals surface area contributed by atoms with E-state index in [0.717, 1.165) is 34.1 Å². The Morgan fingerprint density at radius 1 is 0.262 bits per heavy atom. The fourth-order valence-electron chi connectivity index (χ4n) is 9.63. The smallest absolute Gasteiger partial charge is 0.0540 e. The average Bonchev–Trinajstić information content (AvgIpc) is 3.78. The SMILES string of the molecule is c1ccc(-c2ccccc2N(c2ccccc2)c2ccc(-c3ccc4c(c3)c3ccccc3c3c5ccc(N(c6ccccc6)c6ccccc6-c6ccccc6)cc5sc43)cc2)cc1. The zero-order valence-electron chi connectivity index (χ0n) is 35.6. The van der Waals surface area contributed by atoms with Crippen molar-refractivity contribution in [3.63, 3.8) is 0 Å². The molecule has 2 nitrogen and oxygen atoms in total. The number of anilines is 6. The van der Waals surface area contributed by atoms with Crippen LogP contribution in [-0.4, -0.2) is 0 Å². The average molecular weight is 847 g/mol. The molecular formula is C62H42N2S. The van der Waals surface area contributed by atoms with Crippen molar-refractivity contribution in [2.24, 2.45) is 0 Å². The first-order valence-corrected chi connectivity index (χ1v) is 23.0. The van der Waals surface area contributed by atoms with E-state index in [1.165, 1.54) is 75.1 Å². The highest BCUT2D eigenvalue weighted by Crippen LogP contribution is 2.48. The van der Waals surface area contributed by atoms with Gasteiger partial charge in [0.05, 0.1) is 11.4 Å². The minimum atomic E-state index is 1.11. The second-order valence-corrected chi connectivity index (χ2v) is 17.5. The number of thiophene rings is 1. The fraction of sp³-hybridized carbons (Fsp3) is 0. The lowest BCUT2D eigenvalue weighted by atomic mass is 9.94. The number of hydrogen-bond acceptors (Lipinski definition) is 3. The second kappa shape index (κ2) is 16.5. The summed E-state index contributed by atoms with van der Waals surface area (Å²) >= 11 is 1.90. The molecule has 12 aromatic rings. The minimum absolute atomic E-state index is 1.11. The molecule has 0 aliphatic carbocycles. The van der Waals surface area contributed by atoms with Crippen LogP contribution < -0.4 is 9.80 Å². The van der Waals surface area contributed by atoms with Gasteiger partial charge < -0.3 is 9.80 Å². The topological polar surface area (TPSA) is 6.48 Å². The Morgan fingerprint density at radius 3 is 1.31 bits per heavy atom. The van der Waals surface area contributed by atoms with Crippen molar-refractivity contribution in [2.75, 3.05) is 9.80 Å². The molecule has 0 saturated heterocycles. The van der Waals surface area contributed by atoms with Gasteiger partial charge in [-0.15, -0.1) is 11.3 Å². The van der Waals surface area contributed by atoms with Crippen LogP contribution in [0.4, 0.5) is 34.1 Å². The van der Waals surface area contributed by atoms with Gasteiger partial charge in [-0.25, -0.2) is 0 Å². The molecule has 3 heteroatoms. The highest BCUT2D eigenvalue weighted by Gasteiger charge is 2.21. The molecule has 0 aliphatic rings. The van der Waals surface area contributed by atoms with Crippen LogP contribution in [0.2, 0.25) is 0 Å². The van der Waals surface area contributed by atoms with Crippen LogP contribution in [0.5, 0.6) is 0 Å². The summed E-state index contributed by atoms with van der Waals surface area (Å²) in [6.45, 7) is 0. The number of rotatable bonds is 9. The summed E-state index contributed by atoms with van der Waals surface area (Å²) in [7, 11) is 0. The molecule has 1 aromatic heterocycles. The van der Waals surface area contributed by atoms with E-state index in [-0.39, 0.29) is 0 Å². The normalized spacial score (nSPS) is 11.4. The Balaban J connectivity index is 0.969. The maximum atomic E-state index is 2.40. The molecule has 1 heterocycles. The maximum absolute atomic E-state index is 2.40. The number of para-hydroxylation sites is 4. The first kappa shape index (κ1) is 38.4. The van der Waals surface area contributed by atoms with Gasteiger partial charge in [-0.2, -0.15) is 0 Å². The van der Waals surface area contributed by atoms with E-state index in [1.807, 2.05) is 11.3 Å². The Morgan fingerprint density at radius 2 is 0.708 bits per heavy atom. The number of benzene rings is 11. The van der Waals surface area contributed by atoms with Crippen molar-refractivity contribution in [1.29, 1.82) is 0 Å². The van der Waals surface area contributed by atoms with Crippen molar-refractivity contribution in [2.45, 2.75) is 0 Å². The van der Waals surface area contributed by atoms with Gasteiger partial charge >= 0.3 is 0 Å².